The first-order valence-electron chi connectivity index (χ1n) is 19.8. The quantitative estimate of drug-likeness (QED) is 0.0464. The molecule has 3 atom stereocenters. The zero-order chi connectivity index (χ0) is 33.9. The highest BCUT2D eigenvalue weighted by Crippen LogP contribution is 2.21. The predicted octanol–water partition coefficient (Wildman–Crippen LogP) is 10.9. The largest absolute Gasteiger partial charge is 0.394 e. The van der Waals surface area contributed by atoms with E-state index in [1.54, 1.807) is 0 Å². The molecule has 0 spiro atoms. The summed E-state index contributed by atoms with van der Waals surface area (Å²) in [6.07, 6.45) is 38.9. The highest BCUT2D eigenvalue weighted by molar-refractivity contribution is 5.90. The minimum Gasteiger partial charge on any atom is -0.394 e. The summed E-state index contributed by atoms with van der Waals surface area (Å²) < 4.78 is 0. The normalized spacial score (nSPS) is 13.9. The molecular formula is C41H76O5. The molecule has 3 N–H and O–H groups in total. The Labute approximate surface area is 285 Å². The number of Topliss-reactive ketones (excluding diaryl/α,β-unsaturated/α-hetero) is 2. The maximum atomic E-state index is 13.1. The van der Waals surface area contributed by atoms with Gasteiger partial charge >= 0.3 is 0 Å². The van der Waals surface area contributed by atoms with Crippen molar-refractivity contribution >= 4 is 11.6 Å². The van der Waals surface area contributed by atoms with Crippen LogP contribution in [-0.2, 0) is 9.59 Å². The smallest absolute Gasteiger partial charge is 0.164 e. The predicted molar refractivity (Wildman–Crippen MR) is 196 cm³/mol. The Morgan fingerprint density at radius 1 is 0.522 bits per heavy atom. The summed E-state index contributed by atoms with van der Waals surface area (Å²) in [4.78, 5) is 25.6. The highest BCUT2D eigenvalue weighted by Gasteiger charge is 2.28. The maximum Gasteiger partial charge on any atom is 0.164 e. The summed E-state index contributed by atoms with van der Waals surface area (Å²) in [5.74, 6) is -0.860. The zero-order valence-electron chi connectivity index (χ0n) is 30.4. The summed E-state index contributed by atoms with van der Waals surface area (Å²) in [7, 11) is 0. The minimum absolute atomic E-state index is 0.0550. The van der Waals surface area contributed by atoms with Crippen LogP contribution in [0.1, 0.15) is 200 Å². The van der Waals surface area contributed by atoms with Crippen LogP contribution < -0.4 is 0 Å². The lowest BCUT2D eigenvalue weighted by Crippen LogP contribution is -2.38. The van der Waals surface area contributed by atoms with Gasteiger partial charge in [-0.3, -0.25) is 9.59 Å². The third-order valence-corrected chi connectivity index (χ3v) is 9.31. The van der Waals surface area contributed by atoms with Crippen LogP contribution in [0.2, 0.25) is 0 Å². The Kier molecular flexibility index (Phi) is 34.0. The molecule has 0 aromatic carbocycles. The summed E-state index contributed by atoms with van der Waals surface area (Å²) in [6.45, 7) is 3.82. The third kappa shape index (κ3) is 28.9. The molecule has 0 aliphatic carbocycles. The monoisotopic (exact) mass is 649 g/mol. The number of carbonyl (C=O) groups excluding carboxylic acids is 2. The van der Waals surface area contributed by atoms with Crippen LogP contribution in [0.25, 0.3) is 0 Å². The number of allylic oxidation sites excluding steroid dienone is 4. The molecule has 46 heavy (non-hydrogen) atoms. The van der Waals surface area contributed by atoms with Crippen LogP contribution in [0.5, 0.6) is 0 Å². The van der Waals surface area contributed by atoms with E-state index in [1.165, 1.54) is 116 Å². The average Bonchev–Trinajstić information content (AvgIpc) is 3.06. The van der Waals surface area contributed by atoms with Crippen molar-refractivity contribution in [3.8, 4) is 0 Å². The second-order valence-corrected chi connectivity index (χ2v) is 13.7. The molecule has 5 nitrogen and oxygen atoms in total. The van der Waals surface area contributed by atoms with E-state index >= 15 is 0 Å². The van der Waals surface area contributed by atoms with Crippen molar-refractivity contribution < 1.29 is 24.9 Å². The van der Waals surface area contributed by atoms with Gasteiger partial charge in [0, 0.05) is 18.8 Å². The first-order chi connectivity index (χ1) is 22.5. The molecule has 5 heteroatoms. The van der Waals surface area contributed by atoms with E-state index in [2.05, 4.69) is 38.2 Å². The molecule has 0 heterocycles. The van der Waals surface area contributed by atoms with Gasteiger partial charge in [0.25, 0.3) is 0 Å². The van der Waals surface area contributed by atoms with Crippen molar-refractivity contribution in [3.05, 3.63) is 24.3 Å². The Morgan fingerprint density at radius 2 is 0.935 bits per heavy atom. The van der Waals surface area contributed by atoms with Gasteiger partial charge in [-0.2, -0.15) is 0 Å². The second kappa shape index (κ2) is 35.0. The lowest BCUT2D eigenvalue weighted by Gasteiger charge is -2.19. The number of aliphatic hydroxyl groups excluding tert-OH is 3. The highest BCUT2D eigenvalue weighted by atomic mass is 16.4. The average molecular weight is 649 g/mol. The fourth-order valence-electron chi connectivity index (χ4n) is 6.13. The number of unbranched alkanes of at least 4 members (excludes halogenated alkanes) is 22. The van der Waals surface area contributed by atoms with Gasteiger partial charge in [-0.1, -0.05) is 167 Å². The Morgan fingerprint density at radius 3 is 1.41 bits per heavy atom. The minimum atomic E-state index is -1.63. The van der Waals surface area contributed by atoms with Crippen molar-refractivity contribution in [2.45, 2.75) is 212 Å². The van der Waals surface area contributed by atoms with E-state index in [4.69, 9.17) is 5.11 Å². The van der Waals surface area contributed by atoms with E-state index in [0.717, 1.165) is 51.4 Å². The van der Waals surface area contributed by atoms with Crippen LogP contribution in [0.4, 0.5) is 0 Å². The van der Waals surface area contributed by atoms with Gasteiger partial charge < -0.3 is 15.3 Å². The Hall–Kier alpha value is -1.30. The van der Waals surface area contributed by atoms with E-state index in [0.29, 0.717) is 12.8 Å². The number of carbonyl (C=O) groups is 2. The van der Waals surface area contributed by atoms with Crippen molar-refractivity contribution in [1.82, 2.24) is 0 Å². The molecule has 0 rings (SSSR count). The van der Waals surface area contributed by atoms with E-state index in [-0.39, 0.29) is 12.2 Å². The topological polar surface area (TPSA) is 94.8 Å². The Bertz CT molecular complexity index is 730. The van der Waals surface area contributed by atoms with E-state index in [9.17, 15) is 19.8 Å². The van der Waals surface area contributed by atoms with Crippen molar-refractivity contribution in [1.29, 1.82) is 0 Å². The van der Waals surface area contributed by atoms with Crippen LogP contribution in [0.3, 0.4) is 0 Å². The van der Waals surface area contributed by atoms with Crippen LogP contribution in [-0.4, -0.2) is 45.7 Å². The van der Waals surface area contributed by atoms with Gasteiger partial charge in [0.2, 0.25) is 0 Å². The lowest BCUT2D eigenvalue weighted by atomic mass is 9.87. The van der Waals surface area contributed by atoms with Crippen LogP contribution in [0, 0.1) is 5.92 Å². The number of rotatable bonds is 36. The van der Waals surface area contributed by atoms with Crippen molar-refractivity contribution in [2.24, 2.45) is 5.92 Å². The number of aliphatic hydroxyl groups is 3. The number of hydrogen-bond acceptors (Lipinski definition) is 5. The molecule has 270 valence electrons. The molecule has 0 radical (unpaired) electrons. The van der Waals surface area contributed by atoms with Crippen LogP contribution in [0.15, 0.2) is 24.3 Å². The molecular weight excluding hydrogens is 572 g/mol. The second-order valence-electron chi connectivity index (χ2n) is 13.7. The molecule has 0 saturated heterocycles. The van der Waals surface area contributed by atoms with E-state index in [1.807, 2.05) is 0 Å². The molecule has 0 amide bonds. The molecule has 0 aliphatic heterocycles. The van der Waals surface area contributed by atoms with Gasteiger partial charge in [-0.05, 0) is 44.9 Å². The first-order valence-corrected chi connectivity index (χ1v) is 19.8. The zero-order valence-corrected chi connectivity index (χ0v) is 30.4. The summed E-state index contributed by atoms with van der Waals surface area (Å²) in [5.41, 5.74) is 0. The molecule has 0 aromatic heterocycles. The molecule has 3 unspecified atom stereocenters. The van der Waals surface area contributed by atoms with Crippen LogP contribution >= 0.6 is 0 Å². The number of hydrogen-bond donors (Lipinski definition) is 3. The lowest BCUT2D eigenvalue weighted by molar-refractivity contribution is -0.138. The molecule has 0 fully saturated rings. The third-order valence-electron chi connectivity index (χ3n) is 9.31. The molecule has 0 bridgehead atoms. The first kappa shape index (κ1) is 44.7. The van der Waals surface area contributed by atoms with Gasteiger partial charge in [-0.15, -0.1) is 0 Å². The van der Waals surface area contributed by atoms with Crippen molar-refractivity contribution in [2.75, 3.05) is 6.61 Å². The van der Waals surface area contributed by atoms with Gasteiger partial charge in [0.1, 0.15) is 18.0 Å². The number of ketones is 2. The fraction of sp³-hybridized carbons (Fsp3) is 0.854. The van der Waals surface area contributed by atoms with Gasteiger partial charge in [-0.25, -0.2) is 0 Å². The molecule has 0 aliphatic rings. The summed E-state index contributed by atoms with van der Waals surface area (Å²) >= 11 is 0. The van der Waals surface area contributed by atoms with E-state index < -0.39 is 30.5 Å². The van der Waals surface area contributed by atoms with Gasteiger partial charge in [0.05, 0.1) is 6.61 Å². The SMILES string of the molecule is CCCCC/C=C\C/C=C\CCCCCC(CC(=O)C(O)C(O)CO)C(=O)CCCCCCCCCCCCCCCCCCC. The Balaban J connectivity index is 4.15. The van der Waals surface area contributed by atoms with Crippen molar-refractivity contribution in [3.63, 3.8) is 0 Å². The summed E-state index contributed by atoms with van der Waals surface area (Å²) in [5, 5.41) is 28.9. The molecule has 0 saturated carbocycles. The maximum absolute atomic E-state index is 13.1. The fourth-order valence-corrected chi connectivity index (χ4v) is 6.13. The van der Waals surface area contributed by atoms with Gasteiger partial charge in [0.15, 0.2) is 5.78 Å². The standard InChI is InChI=1S/C41H76O5/c1-3-5-7-9-11-13-15-17-18-19-20-22-24-26-28-30-32-34-38(43)37(35-39(44)41(46)40(45)36-42)33-31-29-27-25-23-21-16-14-12-10-8-6-4-2/h12,14,21,23,37,40-42,45-46H,3-11,13,15-20,22,24-36H2,1-2H3/b14-12-,23-21-. The summed E-state index contributed by atoms with van der Waals surface area (Å²) in [6, 6.07) is 0. The molecule has 0 aromatic rings.